The maximum absolute atomic E-state index is 10.6. The predicted octanol–water partition coefficient (Wildman–Crippen LogP) is 0.852. The highest BCUT2D eigenvalue weighted by molar-refractivity contribution is 5.85. The summed E-state index contributed by atoms with van der Waals surface area (Å²) in [5, 5.41) is 0. The smallest absolute Gasteiger partial charge is 0.335 e. The first-order valence-corrected chi connectivity index (χ1v) is 3.29. The van der Waals surface area contributed by atoms with Gasteiger partial charge in [0, 0.05) is 0 Å². The lowest BCUT2D eigenvalue weighted by molar-refractivity contribution is -0.138. The van der Waals surface area contributed by atoms with Gasteiger partial charge in [-0.3, -0.25) is 0 Å². The van der Waals surface area contributed by atoms with E-state index in [1.807, 2.05) is 6.92 Å². The standard InChI is InChI=1S/C7H10O3/c1-3-9-6-4-7(8)10-5(6)2/h4-5H,3H2,1-2H3/t5-/m1/s1. The van der Waals surface area contributed by atoms with E-state index in [1.54, 1.807) is 6.92 Å². The van der Waals surface area contributed by atoms with Gasteiger partial charge >= 0.3 is 5.97 Å². The Bertz CT molecular complexity index is 172. The Morgan fingerprint density at radius 2 is 2.50 bits per heavy atom. The molecule has 3 heteroatoms. The average molecular weight is 142 g/mol. The fourth-order valence-corrected chi connectivity index (χ4v) is 0.826. The molecule has 0 bridgehead atoms. The zero-order valence-electron chi connectivity index (χ0n) is 6.09. The minimum absolute atomic E-state index is 0.201. The maximum Gasteiger partial charge on any atom is 0.335 e. The normalized spacial score (nSPS) is 24.0. The second kappa shape index (κ2) is 2.73. The van der Waals surface area contributed by atoms with E-state index in [2.05, 4.69) is 0 Å². The van der Waals surface area contributed by atoms with E-state index in [1.165, 1.54) is 6.08 Å². The van der Waals surface area contributed by atoms with Crippen molar-refractivity contribution in [1.29, 1.82) is 0 Å². The molecule has 1 rings (SSSR count). The van der Waals surface area contributed by atoms with Crippen molar-refractivity contribution in [2.75, 3.05) is 6.61 Å². The first-order valence-electron chi connectivity index (χ1n) is 3.29. The van der Waals surface area contributed by atoms with Crippen molar-refractivity contribution in [3.8, 4) is 0 Å². The molecule has 1 aliphatic heterocycles. The number of ether oxygens (including phenoxy) is 2. The number of hydrogen-bond donors (Lipinski definition) is 0. The number of hydrogen-bond acceptors (Lipinski definition) is 3. The molecule has 0 aliphatic carbocycles. The monoisotopic (exact) mass is 142 g/mol. The van der Waals surface area contributed by atoms with E-state index in [0.29, 0.717) is 12.4 Å². The van der Waals surface area contributed by atoms with Crippen LogP contribution >= 0.6 is 0 Å². The van der Waals surface area contributed by atoms with Crippen LogP contribution in [0.1, 0.15) is 13.8 Å². The third-order valence-electron chi connectivity index (χ3n) is 1.26. The molecule has 0 saturated heterocycles. The fraction of sp³-hybridized carbons (Fsp3) is 0.571. The summed E-state index contributed by atoms with van der Waals surface area (Å²) in [5.41, 5.74) is 0. The summed E-state index contributed by atoms with van der Waals surface area (Å²) in [5.74, 6) is 0.323. The van der Waals surface area contributed by atoms with E-state index < -0.39 is 0 Å². The Balaban J connectivity index is 2.56. The molecule has 0 radical (unpaired) electrons. The van der Waals surface area contributed by atoms with Crippen LogP contribution < -0.4 is 0 Å². The van der Waals surface area contributed by atoms with Gasteiger partial charge in [-0.05, 0) is 13.8 Å². The Labute approximate surface area is 59.6 Å². The van der Waals surface area contributed by atoms with Crippen molar-refractivity contribution >= 4 is 5.97 Å². The largest absolute Gasteiger partial charge is 0.494 e. The average Bonchev–Trinajstić information content (AvgIpc) is 2.13. The van der Waals surface area contributed by atoms with Gasteiger partial charge in [0.15, 0.2) is 6.10 Å². The molecule has 1 aliphatic rings. The maximum atomic E-state index is 10.6. The van der Waals surface area contributed by atoms with Crippen LogP contribution in [-0.2, 0) is 14.3 Å². The van der Waals surface area contributed by atoms with Gasteiger partial charge in [-0.15, -0.1) is 0 Å². The van der Waals surface area contributed by atoms with Gasteiger partial charge in [-0.25, -0.2) is 4.79 Å². The SMILES string of the molecule is CCOC1=CC(=O)O[C@@H]1C. The molecular weight excluding hydrogens is 132 g/mol. The van der Waals surface area contributed by atoms with Crippen LogP contribution in [0, 0.1) is 0 Å². The van der Waals surface area contributed by atoms with E-state index in [4.69, 9.17) is 9.47 Å². The quantitative estimate of drug-likeness (QED) is 0.536. The van der Waals surface area contributed by atoms with Gasteiger partial charge in [-0.1, -0.05) is 0 Å². The summed E-state index contributed by atoms with van der Waals surface area (Å²) in [6.45, 7) is 4.23. The molecule has 3 nitrogen and oxygen atoms in total. The first kappa shape index (κ1) is 7.12. The molecule has 0 fully saturated rings. The topological polar surface area (TPSA) is 35.5 Å². The minimum atomic E-state index is -0.309. The van der Waals surface area contributed by atoms with Gasteiger partial charge in [0.2, 0.25) is 0 Å². The van der Waals surface area contributed by atoms with Gasteiger partial charge in [0.1, 0.15) is 5.76 Å². The summed E-state index contributed by atoms with van der Waals surface area (Å²) in [6, 6.07) is 0. The molecule has 0 N–H and O–H groups in total. The zero-order valence-corrected chi connectivity index (χ0v) is 6.09. The minimum Gasteiger partial charge on any atom is -0.494 e. The second-order valence-corrected chi connectivity index (χ2v) is 2.06. The van der Waals surface area contributed by atoms with Crippen LogP contribution in [0.25, 0.3) is 0 Å². The van der Waals surface area contributed by atoms with Crippen molar-refractivity contribution in [1.82, 2.24) is 0 Å². The molecule has 0 spiro atoms. The Morgan fingerprint density at radius 1 is 1.80 bits per heavy atom. The van der Waals surface area contributed by atoms with Crippen LogP contribution in [-0.4, -0.2) is 18.7 Å². The van der Waals surface area contributed by atoms with Crippen molar-refractivity contribution in [2.24, 2.45) is 0 Å². The molecule has 1 heterocycles. The van der Waals surface area contributed by atoms with E-state index >= 15 is 0 Å². The molecule has 0 saturated carbocycles. The van der Waals surface area contributed by atoms with E-state index in [-0.39, 0.29) is 12.1 Å². The summed E-state index contributed by atoms with van der Waals surface area (Å²) in [6.07, 6.45) is 1.18. The molecule has 0 unspecified atom stereocenters. The summed E-state index contributed by atoms with van der Waals surface area (Å²) < 4.78 is 9.87. The zero-order chi connectivity index (χ0) is 7.56. The van der Waals surface area contributed by atoms with Gasteiger partial charge in [0.05, 0.1) is 12.7 Å². The molecule has 1 atom stereocenters. The summed E-state index contributed by atoms with van der Waals surface area (Å²) >= 11 is 0. The van der Waals surface area contributed by atoms with Crippen molar-refractivity contribution in [2.45, 2.75) is 20.0 Å². The van der Waals surface area contributed by atoms with Crippen molar-refractivity contribution in [3.63, 3.8) is 0 Å². The highest BCUT2D eigenvalue weighted by Gasteiger charge is 2.22. The van der Waals surface area contributed by atoms with Crippen LogP contribution in [0.5, 0.6) is 0 Å². The molecule has 56 valence electrons. The van der Waals surface area contributed by atoms with Crippen LogP contribution in [0.3, 0.4) is 0 Å². The predicted molar refractivity (Wildman–Crippen MR) is 35.3 cm³/mol. The van der Waals surface area contributed by atoms with Crippen LogP contribution in [0.2, 0.25) is 0 Å². The van der Waals surface area contributed by atoms with Crippen molar-refractivity contribution in [3.05, 3.63) is 11.8 Å². The van der Waals surface area contributed by atoms with Crippen LogP contribution in [0.15, 0.2) is 11.8 Å². The lowest BCUT2D eigenvalue weighted by Gasteiger charge is -2.07. The van der Waals surface area contributed by atoms with E-state index in [9.17, 15) is 4.79 Å². The van der Waals surface area contributed by atoms with E-state index in [0.717, 1.165) is 0 Å². The Morgan fingerprint density at radius 3 is 2.90 bits per heavy atom. The number of carbonyl (C=O) groups is 1. The second-order valence-electron chi connectivity index (χ2n) is 2.06. The van der Waals surface area contributed by atoms with Gasteiger partial charge in [0.25, 0.3) is 0 Å². The Hall–Kier alpha value is -0.990. The molecule has 0 aromatic heterocycles. The van der Waals surface area contributed by atoms with Gasteiger partial charge in [-0.2, -0.15) is 0 Å². The fourth-order valence-electron chi connectivity index (χ4n) is 0.826. The number of esters is 1. The van der Waals surface area contributed by atoms with Gasteiger partial charge < -0.3 is 9.47 Å². The molecule has 0 aromatic rings. The number of carbonyl (C=O) groups excluding carboxylic acids is 1. The summed E-state index contributed by atoms with van der Waals surface area (Å²) in [4.78, 5) is 10.6. The molecule has 0 amide bonds. The first-order chi connectivity index (χ1) is 4.74. The number of cyclic esters (lactones) is 1. The highest BCUT2D eigenvalue weighted by atomic mass is 16.6. The molecule has 10 heavy (non-hydrogen) atoms. The lowest BCUT2D eigenvalue weighted by atomic mass is 10.3. The third-order valence-corrected chi connectivity index (χ3v) is 1.26. The lowest BCUT2D eigenvalue weighted by Crippen LogP contribution is -2.07. The number of rotatable bonds is 2. The molecular formula is C7H10O3. The Kier molecular flexibility index (Phi) is 1.94. The van der Waals surface area contributed by atoms with Crippen molar-refractivity contribution < 1.29 is 14.3 Å². The van der Waals surface area contributed by atoms with Crippen LogP contribution in [0.4, 0.5) is 0 Å². The summed E-state index contributed by atoms with van der Waals surface area (Å²) in [7, 11) is 0. The third kappa shape index (κ3) is 1.29. The molecule has 0 aromatic carbocycles. The highest BCUT2D eigenvalue weighted by Crippen LogP contribution is 2.15.